The molecule has 0 aromatic carbocycles. The van der Waals surface area contributed by atoms with E-state index in [1.54, 1.807) is 0 Å². The molecule has 0 saturated carbocycles. The van der Waals surface area contributed by atoms with Crippen LogP contribution in [0.15, 0.2) is 29.0 Å². The molecule has 0 spiro atoms. The molecule has 0 atom stereocenters. The van der Waals surface area contributed by atoms with Gasteiger partial charge < -0.3 is 10.1 Å². The Kier molecular flexibility index (Phi) is 2.07. The molecule has 6 nitrogen and oxygen atoms in total. The Labute approximate surface area is 97.0 Å². The summed E-state index contributed by atoms with van der Waals surface area (Å²) in [6.45, 7) is 2.06. The highest BCUT2D eigenvalue weighted by Crippen LogP contribution is 2.26. The average Bonchev–Trinajstić information content (AvgIpc) is 2.91. The van der Waals surface area contributed by atoms with Crippen LogP contribution in [0.1, 0.15) is 12.6 Å². The fourth-order valence-electron chi connectivity index (χ4n) is 1.93. The summed E-state index contributed by atoms with van der Waals surface area (Å²) < 4.78 is 6.64. The van der Waals surface area contributed by atoms with Crippen molar-refractivity contribution in [2.45, 2.75) is 13.3 Å². The third-order valence-electron chi connectivity index (χ3n) is 2.70. The first-order valence-corrected chi connectivity index (χ1v) is 5.35. The number of aromatic nitrogens is 4. The highest BCUT2D eigenvalue weighted by molar-refractivity contribution is 5.70. The topological polar surface area (TPSA) is 82.2 Å². The molecular weight excluding hydrogens is 218 g/mol. The Morgan fingerprint density at radius 2 is 2.18 bits per heavy atom. The predicted octanol–water partition coefficient (Wildman–Crippen LogP) is 1.53. The second-order valence-electron chi connectivity index (χ2n) is 3.69. The van der Waals surface area contributed by atoms with Crippen molar-refractivity contribution in [3.63, 3.8) is 0 Å². The van der Waals surface area contributed by atoms with Gasteiger partial charge in [-0.15, -0.1) is 0 Å². The molecule has 0 aliphatic heterocycles. The smallest absolute Gasteiger partial charge is 0.198 e. The van der Waals surface area contributed by atoms with E-state index in [2.05, 4.69) is 26.9 Å². The van der Waals surface area contributed by atoms with Crippen LogP contribution in [-0.2, 0) is 6.42 Å². The van der Waals surface area contributed by atoms with Gasteiger partial charge in [-0.25, -0.2) is 9.61 Å². The van der Waals surface area contributed by atoms with E-state index in [0.717, 1.165) is 23.5 Å². The Bertz CT molecular complexity index is 669. The Morgan fingerprint density at radius 3 is 2.88 bits per heavy atom. The molecule has 0 amide bonds. The lowest BCUT2D eigenvalue weighted by molar-refractivity contribution is 0.310. The molecule has 0 fully saturated rings. The maximum absolute atomic E-state index is 5.70. The fourth-order valence-corrected chi connectivity index (χ4v) is 1.93. The number of aryl methyl sites for hydroxylation is 1. The van der Waals surface area contributed by atoms with Gasteiger partial charge in [0.15, 0.2) is 11.5 Å². The lowest BCUT2D eigenvalue weighted by Gasteiger charge is -1.98. The molecule has 3 heterocycles. The number of nitrogen functional groups attached to an aromatic ring is 1. The third-order valence-corrected chi connectivity index (χ3v) is 2.70. The summed E-state index contributed by atoms with van der Waals surface area (Å²) in [6.07, 6.45) is 2.79. The van der Waals surface area contributed by atoms with E-state index in [0.29, 0.717) is 5.69 Å². The van der Waals surface area contributed by atoms with Crippen LogP contribution in [0, 0.1) is 0 Å². The summed E-state index contributed by atoms with van der Waals surface area (Å²) in [6, 6.07) is 5.84. The second-order valence-corrected chi connectivity index (χ2v) is 3.69. The molecule has 6 heteroatoms. The molecule has 0 aliphatic carbocycles. The molecule has 17 heavy (non-hydrogen) atoms. The maximum atomic E-state index is 5.70. The van der Waals surface area contributed by atoms with E-state index in [1.165, 1.54) is 0 Å². The number of anilines is 1. The average molecular weight is 229 g/mol. The van der Waals surface area contributed by atoms with Gasteiger partial charge in [-0.1, -0.05) is 13.0 Å². The van der Waals surface area contributed by atoms with Gasteiger partial charge in [-0.2, -0.15) is 0 Å². The summed E-state index contributed by atoms with van der Waals surface area (Å²) >= 11 is 0. The number of nitrogens with zero attached hydrogens (tertiary/aromatic N) is 4. The van der Waals surface area contributed by atoms with Crippen LogP contribution in [0.25, 0.3) is 17.0 Å². The molecule has 0 bridgehead atoms. The maximum Gasteiger partial charge on any atom is 0.198 e. The van der Waals surface area contributed by atoms with E-state index in [1.807, 2.05) is 28.8 Å². The van der Waals surface area contributed by atoms with Gasteiger partial charge >= 0.3 is 0 Å². The first-order valence-electron chi connectivity index (χ1n) is 5.35. The van der Waals surface area contributed by atoms with Crippen LogP contribution in [0.3, 0.4) is 0 Å². The van der Waals surface area contributed by atoms with Crippen molar-refractivity contribution in [1.29, 1.82) is 0 Å². The van der Waals surface area contributed by atoms with Gasteiger partial charge in [-0.3, -0.25) is 0 Å². The Balaban J connectivity index is 2.33. The quantitative estimate of drug-likeness (QED) is 0.720. The van der Waals surface area contributed by atoms with Gasteiger partial charge in [0.25, 0.3) is 0 Å². The van der Waals surface area contributed by atoms with Gasteiger partial charge in [0.05, 0.1) is 5.69 Å². The Morgan fingerprint density at radius 1 is 1.29 bits per heavy atom. The van der Waals surface area contributed by atoms with Crippen LogP contribution in [0.4, 0.5) is 5.82 Å². The molecule has 3 aromatic rings. The van der Waals surface area contributed by atoms with Crippen LogP contribution in [0.2, 0.25) is 0 Å². The van der Waals surface area contributed by atoms with Crippen molar-refractivity contribution in [3.8, 4) is 11.4 Å². The van der Waals surface area contributed by atoms with Crippen molar-refractivity contribution in [2.75, 3.05) is 5.73 Å². The van der Waals surface area contributed by atoms with Gasteiger partial charge in [-0.05, 0) is 28.9 Å². The van der Waals surface area contributed by atoms with Crippen molar-refractivity contribution < 1.29 is 4.63 Å². The lowest BCUT2D eigenvalue weighted by Crippen LogP contribution is -1.94. The zero-order valence-electron chi connectivity index (χ0n) is 9.29. The number of pyridine rings is 1. The minimum atomic E-state index is 0.267. The van der Waals surface area contributed by atoms with Crippen LogP contribution >= 0.6 is 0 Å². The number of hydrogen-bond acceptors (Lipinski definition) is 5. The van der Waals surface area contributed by atoms with E-state index < -0.39 is 0 Å². The number of rotatable bonds is 2. The molecule has 0 saturated heterocycles. The highest BCUT2D eigenvalue weighted by Gasteiger charge is 2.18. The van der Waals surface area contributed by atoms with E-state index in [4.69, 9.17) is 5.73 Å². The molecule has 0 unspecified atom stereocenters. The first kappa shape index (κ1) is 9.83. The zero-order valence-corrected chi connectivity index (χ0v) is 9.29. The Hall–Kier alpha value is -2.37. The zero-order chi connectivity index (χ0) is 11.8. The molecule has 3 rings (SSSR count). The normalized spacial score (nSPS) is 11.1. The lowest BCUT2D eigenvalue weighted by atomic mass is 10.2. The third kappa shape index (κ3) is 1.37. The standard InChI is InChI=1S/C11H11N5O/c1-2-7-9(10-11(12)15-17-14-10)13-8-5-3-4-6-16(7)8/h3-6H,2H2,1H3,(H2,12,15). The van der Waals surface area contributed by atoms with Crippen molar-refractivity contribution in [3.05, 3.63) is 30.1 Å². The van der Waals surface area contributed by atoms with Gasteiger partial charge in [0.1, 0.15) is 11.3 Å². The first-order chi connectivity index (χ1) is 8.31. The number of fused-ring (bicyclic) bond motifs is 1. The largest absolute Gasteiger partial charge is 0.379 e. The SMILES string of the molecule is CCc1c(-c2nonc2N)nc2ccccn12. The highest BCUT2D eigenvalue weighted by atomic mass is 16.6. The summed E-state index contributed by atoms with van der Waals surface area (Å²) in [7, 11) is 0. The molecule has 0 aliphatic rings. The number of nitrogens with two attached hydrogens (primary N) is 1. The van der Waals surface area contributed by atoms with Gasteiger partial charge in [0, 0.05) is 6.20 Å². The van der Waals surface area contributed by atoms with Crippen LogP contribution < -0.4 is 5.73 Å². The van der Waals surface area contributed by atoms with Crippen molar-refractivity contribution in [2.24, 2.45) is 0 Å². The minimum Gasteiger partial charge on any atom is -0.379 e. The summed E-state index contributed by atoms with van der Waals surface area (Å²) in [4.78, 5) is 4.51. The fraction of sp³-hybridized carbons (Fsp3) is 0.182. The van der Waals surface area contributed by atoms with Crippen LogP contribution in [0.5, 0.6) is 0 Å². The number of hydrogen-bond donors (Lipinski definition) is 1. The molecule has 0 radical (unpaired) electrons. The van der Waals surface area contributed by atoms with E-state index >= 15 is 0 Å². The van der Waals surface area contributed by atoms with E-state index in [-0.39, 0.29) is 5.82 Å². The molecule has 86 valence electrons. The van der Waals surface area contributed by atoms with Gasteiger partial charge in [0.2, 0.25) is 0 Å². The second kappa shape index (κ2) is 3.58. The summed E-state index contributed by atoms with van der Waals surface area (Å²) in [5.74, 6) is 0.267. The van der Waals surface area contributed by atoms with Crippen molar-refractivity contribution in [1.82, 2.24) is 19.7 Å². The summed E-state index contributed by atoms with van der Waals surface area (Å²) in [5.41, 5.74) is 8.85. The minimum absolute atomic E-state index is 0.267. The van der Waals surface area contributed by atoms with Crippen LogP contribution in [-0.4, -0.2) is 19.7 Å². The molecule has 2 N–H and O–H groups in total. The summed E-state index contributed by atoms with van der Waals surface area (Å²) in [5, 5.41) is 7.38. The van der Waals surface area contributed by atoms with Crippen molar-refractivity contribution >= 4 is 11.5 Å². The molecular formula is C11H11N5O. The number of imidazole rings is 1. The monoisotopic (exact) mass is 229 g/mol. The predicted molar refractivity (Wildman–Crippen MR) is 62.3 cm³/mol. The molecule has 3 aromatic heterocycles. The van der Waals surface area contributed by atoms with E-state index in [9.17, 15) is 0 Å².